The molecule has 9 heteroatoms. The number of fused-ring (bicyclic) bond motifs is 1. The Morgan fingerprint density at radius 3 is 2.35 bits per heavy atom. The molecule has 0 unspecified atom stereocenters. The first-order valence-corrected chi connectivity index (χ1v) is 6.24. The van der Waals surface area contributed by atoms with Crippen molar-refractivity contribution in [2.24, 2.45) is 5.73 Å². The van der Waals surface area contributed by atoms with Crippen molar-refractivity contribution in [3.8, 4) is 0 Å². The number of primary amides is 1. The van der Waals surface area contributed by atoms with Gasteiger partial charge in [0.05, 0.1) is 17.8 Å². The van der Waals surface area contributed by atoms with E-state index in [-0.39, 0.29) is 5.52 Å². The Hall–Kier alpha value is -2.63. The van der Waals surface area contributed by atoms with Gasteiger partial charge < -0.3 is 10.3 Å². The van der Waals surface area contributed by atoms with E-state index in [1.165, 1.54) is 0 Å². The van der Waals surface area contributed by atoms with Crippen LogP contribution in [0.5, 0.6) is 0 Å². The van der Waals surface area contributed by atoms with Crippen LogP contribution in [0.2, 0.25) is 0 Å². The quantitative estimate of drug-likeness (QED) is 0.675. The van der Waals surface area contributed by atoms with Crippen LogP contribution >= 0.6 is 0 Å². The van der Waals surface area contributed by atoms with Crippen molar-refractivity contribution >= 4 is 22.5 Å². The van der Waals surface area contributed by atoms with E-state index in [4.69, 9.17) is 12.3 Å². The van der Waals surface area contributed by atoms with E-state index in [0.717, 1.165) is 16.7 Å². The Bertz CT molecular complexity index is 824. The molecule has 23 heavy (non-hydrogen) atoms. The van der Waals surface area contributed by atoms with Crippen molar-refractivity contribution in [2.45, 2.75) is 25.6 Å². The molecule has 2 rings (SSSR count). The second-order valence-corrected chi connectivity index (χ2v) is 4.97. The molecule has 0 bridgehead atoms. The molecule has 4 nitrogen and oxygen atoms in total. The number of benzene rings is 1. The Morgan fingerprint density at radius 1 is 1.30 bits per heavy atom. The van der Waals surface area contributed by atoms with Crippen molar-refractivity contribution in [2.75, 3.05) is 0 Å². The van der Waals surface area contributed by atoms with E-state index in [1.54, 1.807) is 0 Å². The number of hydrogen-bond donors (Lipinski definition) is 1. The molecule has 0 aliphatic heterocycles. The molecule has 0 saturated carbocycles. The van der Waals surface area contributed by atoms with Crippen LogP contribution in [0, 0.1) is 6.57 Å². The Kier molecular flexibility index (Phi) is 3.80. The summed E-state index contributed by atoms with van der Waals surface area (Å²) in [4.78, 5) is 13.9. The molecule has 0 radical (unpaired) electrons. The number of nitrogens with zero attached hydrogens (tertiary/aromatic N) is 2. The average molecular weight is 331 g/mol. The number of carbonyl (C=O) groups is 1. The summed E-state index contributed by atoms with van der Waals surface area (Å²) >= 11 is 0. The lowest BCUT2D eigenvalue weighted by Crippen LogP contribution is -2.23. The number of amides is 1. The van der Waals surface area contributed by atoms with E-state index in [1.807, 2.05) is 0 Å². The second kappa shape index (κ2) is 5.22. The third-order valence-corrected chi connectivity index (χ3v) is 3.23. The Morgan fingerprint density at radius 2 is 1.91 bits per heavy atom. The SMILES string of the molecule is [C-]#[N+]c1ccc2c(cc(C(C)(F)F)n2CC(N)=O)c1C(F)(F)F. The van der Waals surface area contributed by atoms with Gasteiger partial charge in [-0.3, -0.25) is 4.79 Å². The molecule has 0 aliphatic rings. The van der Waals surface area contributed by atoms with Crippen molar-refractivity contribution in [3.63, 3.8) is 0 Å². The van der Waals surface area contributed by atoms with Gasteiger partial charge in [-0.15, -0.1) is 0 Å². The maximum atomic E-state index is 13.7. The fourth-order valence-corrected chi connectivity index (χ4v) is 2.40. The topological polar surface area (TPSA) is 52.4 Å². The highest BCUT2D eigenvalue weighted by atomic mass is 19.4. The third kappa shape index (κ3) is 2.97. The molecule has 0 fully saturated rings. The lowest BCUT2D eigenvalue weighted by Gasteiger charge is -2.14. The van der Waals surface area contributed by atoms with Crippen LogP contribution in [-0.2, 0) is 23.4 Å². The fraction of sp³-hybridized carbons (Fsp3) is 0.286. The monoisotopic (exact) mass is 331 g/mol. The molecule has 2 aromatic rings. The lowest BCUT2D eigenvalue weighted by atomic mass is 10.1. The predicted molar refractivity (Wildman–Crippen MR) is 72.0 cm³/mol. The maximum Gasteiger partial charge on any atom is 0.408 e. The number of hydrogen-bond acceptors (Lipinski definition) is 1. The third-order valence-electron chi connectivity index (χ3n) is 3.23. The number of alkyl halides is 5. The van der Waals surface area contributed by atoms with Crippen LogP contribution in [0.1, 0.15) is 18.2 Å². The highest BCUT2D eigenvalue weighted by Gasteiger charge is 2.38. The van der Waals surface area contributed by atoms with Crippen molar-refractivity contribution in [1.82, 2.24) is 4.57 Å². The number of rotatable bonds is 3. The standard InChI is InChI=1S/C14H10F5N3O/c1-13(15,16)10-5-7-9(22(10)6-11(20)23)4-3-8(21-2)12(7)14(17,18)19/h3-5H,6H2,1H3,(H2,20,23). The minimum atomic E-state index is -4.90. The summed E-state index contributed by atoms with van der Waals surface area (Å²) in [7, 11) is 0. The molecule has 0 aliphatic carbocycles. The molecule has 122 valence electrons. The van der Waals surface area contributed by atoms with E-state index in [2.05, 4.69) is 4.85 Å². The van der Waals surface area contributed by atoms with E-state index in [0.29, 0.717) is 13.0 Å². The summed E-state index contributed by atoms with van der Waals surface area (Å²) in [5.74, 6) is -4.47. The van der Waals surface area contributed by atoms with Gasteiger partial charge in [0, 0.05) is 17.8 Å². The van der Waals surface area contributed by atoms with Crippen LogP contribution in [-0.4, -0.2) is 10.5 Å². The Labute approximate surface area is 127 Å². The van der Waals surface area contributed by atoms with Gasteiger partial charge in [0.1, 0.15) is 6.54 Å². The Balaban J connectivity index is 2.95. The predicted octanol–water partition coefficient (Wildman–Crippen LogP) is 3.81. The zero-order chi connectivity index (χ0) is 17.6. The van der Waals surface area contributed by atoms with Gasteiger partial charge in [-0.2, -0.15) is 13.2 Å². The normalized spacial score (nSPS) is 12.4. The van der Waals surface area contributed by atoms with Crippen molar-refractivity contribution in [3.05, 3.63) is 40.9 Å². The first kappa shape index (κ1) is 16.7. The number of nitrogens with two attached hydrogens (primary N) is 1. The van der Waals surface area contributed by atoms with Gasteiger partial charge >= 0.3 is 6.18 Å². The molecule has 0 saturated heterocycles. The minimum absolute atomic E-state index is 0.236. The van der Waals surface area contributed by atoms with Gasteiger partial charge in [0.25, 0.3) is 5.92 Å². The lowest BCUT2D eigenvalue weighted by molar-refractivity contribution is -0.135. The summed E-state index contributed by atoms with van der Waals surface area (Å²) in [5, 5.41) is -0.566. The molecule has 1 aromatic heterocycles. The van der Waals surface area contributed by atoms with Crippen LogP contribution in [0.3, 0.4) is 0 Å². The zero-order valence-electron chi connectivity index (χ0n) is 11.7. The molecular weight excluding hydrogens is 321 g/mol. The average Bonchev–Trinajstić information content (AvgIpc) is 2.74. The number of halogens is 5. The first-order chi connectivity index (χ1) is 10.5. The van der Waals surface area contributed by atoms with Crippen molar-refractivity contribution in [1.29, 1.82) is 0 Å². The molecule has 2 N–H and O–H groups in total. The van der Waals surface area contributed by atoms with Crippen LogP contribution in [0.25, 0.3) is 15.7 Å². The first-order valence-electron chi connectivity index (χ1n) is 6.24. The molecule has 1 amide bonds. The summed E-state index contributed by atoms with van der Waals surface area (Å²) in [6.07, 6.45) is -4.90. The molecular formula is C14H10F5N3O. The molecule has 0 spiro atoms. The van der Waals surface area contributed by atoms with Gasteiger partial charge in [0.2, 0.25) is 5.91 Å². The number of carbonyl (C=O) groups excluding carboxylic acids is 1. The van der Waals surface area contributed by atoms with E-state index in [9.17, 15) is 26.7 Å². The minimum Gasteiger partial charge on any atom is -0.368 e. The van der Waals surface area contributed by atoms with E-state index < -0.39 is 46.9 Å². The smallest absolute Gasteiger partial charge is 0.368 e. The summed E-state index contributed by atoms with van der Waals surface area (Å²) in [6, 6.07) is 2.62. The van der Waals surface area contributed by atoms with Gasteiger partial charge in [-0.05, 0) is 12.1 Å². The van der Waals surface area contributed by atoms with Gasteiger partial charge in [0.15, 0.2) is 5.69 Å². The van der Waals surface area contributed by atoms with Gasteiger partial charge in [-0.25, -0.2) is 13.6 Å². The second-order valence-electron chi connectivity index (χ2n) is 4.97. The van der Waals surface area contributed by atoms with Crippen LogP contribution < -0.4 is 5.73 Å². The largest absolute Gasteiger partial charge is 0.408 e. The highest BCUT2D eigenvalue weighted by molar-refractivity contribution is 5.91. The van der Waals surface area contributed by atoms with Crippen LogP contribution in [0.15, 0.2) is 18.2 Å². The summed E-state index contributed by atoms with van der Waals surface area (Å²) < 4.78 is 67.8. The highest BCUT2D eigenvalue weighted by Crippen LogP contribution is 2.44. The van der Waals surface area contributed by atoms with Crippen LogP contribution in [0.4, 0.5) is 27.6 Å². The number of aromatic nitrogens is 1. The molecule has 1 heterocycles. The van der Waals surface area contributed by atoms with Crippen molar-refractivity contribution < 1.29 is 26.7 Å². The fourth-order valence-electron chi connectivity index (χ4n) is 2.40. The van der Waals surface area contributed by atoms with E-state index >= 15 is 0 Å². The maximum absolute atomic E-state index is 13.7. The summed E-state index contributed by atoms with van der Waals surface area (Å²) in [6.45, 7) is 6.64. The summed E-state index contributed by atoms with van der Waals surface area (Å²) in [5.41, 5.74) is 1.97. The molecule has 1 aromatic carbocycles. The zero-order valence-corrected chi connectivity index (χ0v) is 11.7. The van der Waals surface area contributed by atoms with Gasteiger partial charge in [-0.1, -0.05) is 6.07 Å². The molecule has 0 atom stereocenters.